The molecule has 1 fully saturated rings. The van der Waals surface area contributed by atoms with Gasteiger partial charge in [-0.3, -0.25) is 13.7 Å². The van der Waals surface area contributed by atoms with Crippen LogP contribution in [0.15, 0.2) is 36.5 Å². The zero-order valence-electron chi connectivity index (χ0n) is 25.1. The van der Waals surface area contributed by atoms with E-state index in [0.717, 1.165) is 35.8 Å². The number of halogens is 3. The highest BCUT2D eigenvalue weighted by Crippen LogP contribution is 2.36. The number of piperidine rings is 1. The summed E-state index contributed by atoms with van der Waals surface area (Å²) in [5.74, 6) is -0.574. The molecular weight excluding hydrogens is 599 g/mol. The number of hydrogen-bond acceptors (Lipinski definition) is 8. The van der Waals surface area contributed by atoms with E-state index in [4.69, 9.17) is 4.74 Å². The van der Waals surface area contributed by atoms with Crippen molar-refractivity contribution < 1.29 is 31.5 Å². The summed E-state index contributed by atoms with van der Waals surface area (Å²) in [5, 5.41) is 8.71. The number of nitrogens with one attached hydrogen (secondary N) is 3. The fraction of sp³-hybridized carbons (Fsp3) is 0.414. The van der Waals surface area contributed by atoms with Gasteiger partial charge in [0.05, 0.1) is 18.5 Å². The number of likely N-dealkylation sites (tertiary alicyclic amines) is 1. The number of amides is 1. The van der Waals surface area contributed by atoms with Crippen LogP contribution in [0.4, 0.5) is 36.3 Å². The van der Waals surface area contributed by atoms with Crippen LogP contribution in [0.5, 0.6) is 5.75 Å². The maximum atomic E-state index is 13.9. The summed E-state index contributed by atoms with van der Waals surface area (Å²) < 4.78 is 69.5. The van der Waals surface area contributed by atoms with Crippen LogP contribution < -0.4 is 25.0 Å². The molecule has 4 rings (SSSR count). The van der Waals surface area contributed by atoms with Gasteiger partial charge in [0.25, 0.3) is 17.2 Å². The van der Waals surface area contributed by atoms with Gasteiger partial charge in [-0.2, -0.15) is 18.2 Å². The average molecular weight is 636 g/mol. The molecule has 0 saturated carbocycles. The first-order chi connectivity index (χ1) is 20.8. The van der Waals surface area contributed by atoms with Crippen LogP contribution in [0.25, 0.3) is 0 Å². The maximum Gasteiger partial charge on any atom is 0.421 e. The molecule has 238 valence electrons. The molecule has 3 aromatic rings. The van der Waals surface area contributed by atoms with Crippen LogP contribution >= 0.6 is 0 Å². The molecule has 15 heteroatoms. The highest BCUT2D eigenvalue weighted by Gasteiger charge is 2.35. The van der Waals surface area contributed by atoms with Crippen molar-refractivity contribution in [2.75, 3.05) is 49.2 Å². The third-order valence-electron chi connectivity index (χ3n) is 7.45. The van der Waals surface area contributed by atoms with E-state index < -0.39 is 28.8 Å². The van der Waals surface area contributed by atoms with E-state index >= 15 is 0 Å². The van der Waals surface area contributed by atoms with Crippen LogP contribution in [0, 0.1) is 13.8 Å². The lowest BCUT2D eigenvalue weighted by molar-refractivity contribution is -0.137. The number of carbonyl (C=O) groups excluding carboxylic acids is 1. The molecule has 0 spiro atoms. The molecule has 1 unspecified atom stereocenters. The number of aryl methyl sites for hydroxylation is 2. The van der Waals surface area contributed by atoms with Gasteiger partial charge in [0, 0.05) is 31.4 Å². The largest absolute Gasteiger partial charge is 0.495 e. The van der Waals surface area contributed by atoms with Crippen LogP contribution in [-0.2, 0) is 24.0 Å². The number of benzene rings is 2. The van der Waals surface area contributed by atoms with E-state index in [-0.39, 0.29) is 30.2 Å². The van der Waals surface area contributed by atoms with Crippen LogP contribution in [-0.4, -0.2) is 69.9 Å². The lowest BCUT2D eigenvalue weighted by Crippen LogP contribution is -2.43. The van der Waals surface area contributed by atoms with Gasteiger partial charge in [0.1, 0.15) is 17.1 Å². The van der Waals surface area contributed by atoms with Crippen LogP contribution in [0.3, 0.4) is 0 Å². The molecule has 0 bridgehead atoms. The molecule has 4 N–H and O–H groups in total. The highest BCUT2D eigenvalue weighted by molar-refractivity contribution is 7.80. The van der Waals surface area contributed by atoms with Gasteiger partial charge in [-0.05, 0) is 81.7 Å². The lowest BCUT2D eigenvalue weighted by atomic mass is 10.0. The second-order valence-corrected chi connectivity index (χ2v) is 11.7. The van der Waals surface area contributed by atoms with E-state index in [1.165, 1.54) is 14.2 Å². The molecule has 0 aliphatic carbocycles. The van der Waals surface area contributed by atoms with Crippen molar-refractivity contribution in [1.29, 1.82) is 0 Å². The van der Waals surface area contributed by atoms with Crippen molar-refractivity contribution in [3.05, 3.63) is 64.3 Å². The fourth-order valence-electron chi connectivity index (χ4n) is 4.90. The first-order valence-corrected chi connectivity index (χ1v) is 14.9. The van der Waals surface area contributed by atoms with Gasteiger partial charge in [-0.25, -0.2) is 9.19 Å². The molecule has 0 radical (unpaired) electrons. The summed E-state index contributed by atoms with van der Waals surface area (Å²) in [6.07, 6.45) is -2.38. The van der Waals surface area contributed by atoms with E-state index in [1.807, 2.05) is 7.05 Å². The van der Waals surface area contributed by atoms with Crippen molar-refractivity contribution in [3.63, 3.8) is 0 Å². The number of carbonyl (C=O) groups is 1. The van der Waals surface area contributed by atoms with Gasteiger partial charge in [0.2, 0.25) is 5.95 Å². The van der Waals surface area contributed by atoms with Crippen molar-refractivity contribution in [2.45, 2.75) is 45.5 Å². The van der Waals surface area contributed by atoms with E-state index in [2.05, 4.69) is 30.8 Å². The third-order valence-corrected chi connectivity index (χ3v) is 8.11. The van der Waals surface area contributed by atoms with Crippen LogP contribution in [0.2, 0.25) is 0 Å². The van der Waals surface area contributed by atoms with E-state index in [1.54, 1.807) is 44.2 Å². The summed E-state index contributed by atoms with van der Waals surface area (Å²) >= 11 is -2.34. The predicted octanol–water partition coefficient (Wildman–Crippen LogP) is 4.87. The standard InChI is InChI=1S/C29H36F3N7O4S/c1-17-6-7-19(24(12-17)39(4)44(41)42)15-33-26-22(29(30,31)32)16-34-28(37-26)36-23-13-18(2)21(14-25(23)43-5)27(40)35-20-8-10-38(3)11-9-20/h6-7,12-14,16,20H,8-11,15H2,1-5H3,(H,35,40)(H,41,42)(H2,33,34,36,37). The molecule has 2 heterocycles. The molecule has 2 aromatic carbocycles. The van der Waals surface area contributed by atoms with Crippen molar-refractivity contribution in [1.82, 2.24) is 20.2 Å². The fourth-order valence-corrected chi connectivity index (χ4v) is 5.24. The second-order valence-electron chi connectivity index (χ2n) is 10.7. The molecular formula is C29H36F3N7O4S. The molecule has 1 amide bonds. The molecule has 44 heavy (non-hydrogen) atoms. The Morgan fingerprint density at radius 1 is 1.20 bits per heavy atom. The SMILES string of the molecule is COc1cc(C(=O)NC2CCN(C)CC2)c(C)cc1Nc1ncc(C(F)(F)F)c(NCc2ccc(C)cc2N(C)S(=O)O)n1. The Kier molecular flexibility index (Phi) is 10.3. The minimum absolute atomic E-state index is 0.0653. The quantitative estimate of drug-likeness (QED) is 0.230. The van der Waals surface area contributed by atoms with Gasteiger partial charge in [-0.15, -0.1) is 0 Å². The van der Waals surface area contributed by atoms with Gasteiger partial charge < -0.3 is 25.6 Å². The Hall–Kier alpha value is -3.95. The van der Waals surface area contributed by atoms with Gasteiger partial charge >= 0.3 is 6.18 Å². The number of aromatic nitrogens is 2. The predicted molar refractivity (Wildman–Crippen MR) is 164 cm³/mol. The maximum absolute atomic E-state index is 13.9. The van der Waals surface area contributed by atoms with Crippen molar-refractivity contribution >= 4 is 40.3 Å². The summed E-state index contributed by atoms with van der Waals surface area (Å²) in [6, 6.07) is 8.36. The Morgan fingerprint density at radius 3 is 2.55 bits per heavy atom. The summed E-state index contributed by atoms with van der Waals surface area (Å²) in [7, 11) is 4.87. The Bertz CT molecular complexity index is 1530. The molecule has 1 saturated heterocycles. The number of anilines is 4. The zero-order chi connectivity index (χ0) is 32.2. The monoisotopic (exact) mass is 635 g/mol. The lowest BCUT2D eigenvalue weighted by Gasteiger charge is -2.29. The van der Waals surface area contributed by atoms with Crippen LogP contribution in [0.1, 0.15) is 45.5 Å². The summed E-state index contributed by atoms with van der Waals surface area (Å²) in [6.45, 7) is 5.22. The summed E-state index contributed by atoms with van der Waals surface area (Å²) in [5.41, 5.74) is 1.98. The topological polar surface area (TPSA) is 132 Å². The molecule has 1 aliphatic heterocycles. The second kappa shape index (κ2) is 13.8. The Morgan fingerprint density at radius 2 is 1.91 bits per heavy atom. The Balaban J connectivity index is 1.59. The minimum atomic E-state index is -4.75. The number of nitrogens with zero attached hydrogens (tertiary/aromatic N) is 4. The zero-order valence-corrected chi connectivity index (χ0v) is 25.9. The first kappa shape index (κ1) is 33.0. The number of alkyl halides is 3. The van der Waals surface area contributed by atoms with E-state index in [9.17, 15) is 26.7 Å². The van der Waals surface area contributed by atoms with Gasteiger partial charge in [-0.1, -0.05) is 12.1 Å². The summed E-state index contributed by atoms with van der Waals surface area (Å²) in [4.78, 5) is 23.3. The minimum Gasteiger partial charge on any atom is -0.495 e. The Labute approximate surface area is 256 Å². The number of methoxy groups -OCH3 is 1. The first-order valence-electron chi connectivity index (χ1n) is 13.8. The van der Waals surface area contributed by atoms with Crippen molar-refractivity contribution in [2.24, 2.45) is 0 Å². The molecule has 1 atom stereocenters. The normalized spacial score (nSPS) is 15.0. The molecule has 1 aliphatic rings. The number of ether oxygens (including phenoxy) is 1. The van der Waals surface area contributed by atoms with E-state index in [0.29, 0.717) is 34.3 Å². The van der Waals surface area contributed by atoms with Gasteiger partial charge in [0.15, 0.2) is 0 Å². The highest BCUT2D eigenvalue weighted by atomic mass is 32.2. The third kappa shape index (κ3) is 7.95. The average Bonchev–Trinajstić information content (AvgIpc) is 2.96. The van der Waals surface area contributed by atoms with Crippen molar-refractivity contribution in [3.8, 4) is 5.75 Å². The number of hydrogen-bond donors (Lipinski definition) is 4. The molecule has 1 aromatic heterocycles. The number of rotatable bonds is 10. The smallest absolute Gasteiger partial charge is 0.421 e. The molecule has 11 nitrogen and oxygen atoms in total.